The molecule has 1 aromatic carbocycles. The number of aromatic nitrogens is 5. The van der Waals surface area contributed by atoms with Gasteiger partial charge >= 0.3 is 0 Å². The maximum Gasteiger partial charge on any atom is 0.229 e. The zero-order valence-electron chi connectivity index (χ0n) is 23.8. The van der Waals surface area contributed by atoms with Crippen LogP contribution in [0.2, 0.25) is 0 Å². The van der Waals surface area contributed by atoms with Crippen LogP contribution < -0.4 is 5.32 Å². The van der Waals surface area contributed by atoms with E-state index in [1.54, 1.807) is 6.07 Å². The van der Waals surface area contributed by atoms with Crippen molar-refractivity contribution >= 4 is 22.8 Å². The molecule has 1 fully saturated rings. The number of anilines is 2. The van der Waals surface area contributed by atoms with Crippen LogP contribution in [0.15, 0.2) is 36.7 Å². The second-order valence-electron chi connectivity index (χ2n) is 10.6. The number of hydrogen-bond donors (Lipinski definition) is 1. The molecule has 40 heavy (non-hydrogen) atoms. The summed E-state index contributed by atoms with van der Waals surface area (Å²) in [5, 5.41) is 3.06. The molecule has 1 aliphatic heterocycles. The Morgan fingerprint density at radius 3 is 2.45 bits per heavy atom. The van der Waals surface area contributed by atoms with Crippen LogP contribution in [0.5, 0.6) is 0 Å². The molecule has 0 saturated carbocycles. The number of rotatable bonds is 9. The molecule has 0 radical (unpaired) electrons. The fourth-order valence-electron chi connectivity index (χ4n) is 5.71. The Morgan fingerprint density at radius 2 is 1.80 bits per heavy atom. The molecule has 1 saturated heterocycles. The lowest BCUT2D eigenvalue weighted by Gasteiger charge is -2.35. The zero-order chi connectivity index (χ0) is 28.4. The van der Waals surface area contributed by atoms with Crippen LogP contribution >= 0.6 is 0 Å². The van der Waals surface area contributed by atoms with Gasteiger partial charge in [0.2, 0.25) is 5.95 Å². The normalized spacial score (nSPS) is 15.7. The quantitative estimate of drug-likeness (QED) is 0.252. The SMILES string of the molecule is CCO[C@@H](c1ccc(Nc2ncc(F)c(-c3cc(F)c4nc(C)n(C(C)C)c4c3)n2)nc1)C1CCN(CC)CC1. The Hall–Kier alpha value is -3.50. The van der Waals surface area contributed by atoms with E-state index >= 15 is 4.39 Å². The molecule has 0 spiro atoms. The Bertz CT molecular complexity index is 1460. The van der Waals surface area contributed by atoms with E-state index in [1.165, 1.54) is 6.07 Å². The van der Waals surface area contributed by atoms with Crippen molar-refractivity contribution in [3.63, 3.8) is 0 Å². The van der Waals surface area contributed by atoms with Crippen LogP contribution in [-0.2, 0) is 4.74 Å². The standard InChI is InChI=1S/C30H37F2N7O/c1-6-38-12-10-20(11-13-38)29(40-7-2)21-8-9-26(33-16-21)36-30-34-17-24(32)27(37-30)22-14-23(31)28-25(15-22)39(18(3)4)19(5)35-28/h8-9,14-18,20,29H,6-7,10-13H2,1-5H3,(H,33,34,36,37)/t29-/m1/s1. The highest BCUT2D eigenvalue weighted by atomic mass is 19.1. The minimum Gasteiger partial charge on any atom is -0.373 e. The van der Waals surface area contributed by atoms with Crippen molar-refractivity contribution in [1.82, 2.24) is 29.4 Å². The van der Waals surface area contributed by atoms with Crippen molar-refractivity contribution < 1.29 is 13.5 Å². The van der Waals surface area contributed by atoms with Crippen molar-refractivity contribution in [1.29, 1.82) is 0 Å². The first-order valence-electron chi connectivity index (χ1n) is 14.1. The van der Waals surface area contributed by atoms with Crippen LogP contribution in [0.4, 0.5) is 20.5 Å². The molecule has 0 bridgehead atoms. The van der Waals surface area contributed by atoms with Gasteiger partial charge in [-0.1, -0.05) is 13.0 Å². The maximum absolute atomic E-state index is 15.0. The van der Waals surface area contributed by atoms with Gasteiger partial charge in [-0.05, 0) is 89.9 Å². The molecule has 3 aromatic heterocycles. The maximum atomic E-state index is 15.0. The minimum absolute atomic E-state index is 0.00101. The van der Waals surface area contributed by atoms with Gasteiger partial charge in [0, 0.05) is 24.4 Å². The van der Waals surface area contributed by atoms with Crippen LogP contribution in [-0.4, -0.2) is 55.6 Å². The number of hydrogen-bond acceptors (Lipinski definition) is 7. The topological polar surface area (TPSA) is 81.0 Å². The van der Waals surface area contributed by atoms with Crippen molar-refractivity contribution in [3.8, 4) is 11.3 Å². The lowest BCUT2D eigenvalue weighted by molar-refractivity contribution is -0.00488. The van der Waals surface area contributed by atoms with Gasteiger partial charge in [-0.2, -0.15) is 0 Å². The molecule has 212 valence electrons. The van der Waals surface area contributed by atoms with Crippen molar-refractivity contribution in [2.24, 2.45) is 5.92 Å². The minimum atomic E-state index is -0.645. The third kappa shape index (κ3) is 5.69. The molecular formula is C30H37F2N7O. The summed E-state index contributed by atoms with van der Waals surface area (Å²) in [6.07, 6.45) is 5.08. The average Bonchev–Trinajstić information content (AvgIpc) is 3.30. The number of nitrogens with one attached hydrogen (secondary N) is 1. The largest absolute Gasteiger partial charge is 0.373 e. The summed E-state index contributed by atoms with van der Waals surface area (Å²) in [7, 11) is 0. The number of ether oxygens (including phenoxy) is 1. The third-order valence-electron chi connectivity index (χ3n) is 7.67. The number of piperidine rings is 1. The monoisotopic (exact) mass is 549 g/mol. The molecule has 4 heterocycles. The summed E-state index contributed by atoms with van der Waals surface area (Å²) in [6, 6.07) is 6.91. The zero-order valence-corrected chi connectivity index (χ0v) is 23.8. The first kappa shape index (κ1) is 28.0. The third-order valence-corrected chi connectivity index (χ3v) is 7.67. The van der Waals surface area contributed by atoms with Gasteiger partial charge < -0.3 is 19.5 Å². The number of aryl methyl sites for hydroxylation is 1. The molecule has 0 amide bonds. The smallest absolute Gasteiger partial charge is 0.229 e. The highest BCUT2D eigenvalue weighted by Gasteiger charge is 2.28. The van der Waals surface area contributed by atoms with Crippen LogP contribution in [0, 0.1) is 24.5 Å². The molecule has 1 N–H and O–H groups in total. The lowest BCUT2D eigenvalue weighted by atomic mass is 9.88. The fourth-order valence-corrected chi connectivity index (χ4v) is 5.71. The molecule has 4 aromatic rings. The Balaban J connectivity index is 1.38. The molecule has 8 nitrogen and oxygen atoms in total. The highest BCUT2D eigenvalue weighted by Crippen LogP contribution is 2.34. The lowest BCUT2D eigenvalue weighted by Crippen LogP contribution is -2.36. The summed E-state index contributed by atoms with van der Waals surface area (Å²) < 4.78 is 38.0. The molecule has 1 atom stereocenters. The first-order valence-corrected chi connectivity index (χ1v) is 14.1. The van der Waals surface area contributed by atoms with E-state index in [2.05, 4.69) is 37.1 Å². The van der Waals surface area contributed by atoms with Crippen LogP contribution in [0.3, 0.4) is 0 Å². The van der Waals surface area contributed by atoms with E-state index in [9.17, 15) is 4.39 Å². The van der Waals surface area contributed by atoms with Crippen LogP contribution in [0.25, 0.3) is 22.3 Å². The summed E-state index contributed by atoms with van der Waals surface area (Å²) in [4.78, 5) is 19.9. The van der Waals surface area contributed by atoms with E-state index in [0.29, 0.717) is 35.2 Å². The van der Waals surface area contributed by atoms with Gasteiger partial charge in [0.1, 0.15) is 22.9 Å². The van der Waals surface area contributed by atoms with Gasteiger partial charge in [-0.15, -0.1) is 0 Å². The predicted octanol–water partition coefficient (Wildman–Crippen LogP) is 6.61. The molecule has 5 rings (SSSR count). The predicted molar refractivity (Wildman–Crippen MR) is 153 cm³/mol. The molecule has 0 aliphatic carbocycles. The van der Waals surface area contributed by atoms with E-state index in [1.807, 2.05) is 50.6 Å². The Kier molecular flexibility index (Phi) is 8.37. The van der Waals surface area contributed by atoms with Gasteiger partial charge in [-0.25, -0.2) is 28.7 Å². The van der Waals surface area contributed by atoms with Gasteiger partial charge in [0.15, 0.2) is 11.6 Å². The second kappa shape index (κ2) is 11.9. The van der Waals surface area contributed by atoms with Crippen molar-refractivity contribution in [2.75, 3.05) is 31.6 Å². The average molecular weight is 550 g/mol. The van der Waals surface area contributed by atoms with Gasteiger partial charge in [0.05, 0.1) is 17.8 Å². The van der Waals surface area contributed by atoms with E-state index < -0.39 is 11.6 Å². The number of nitrogens with zero attached hydrogens (tertiary/aromatic N) is 6. The number of benzene rings is 1. The van der Waals surface area contributed by atoms with Crippen molar-refractivity contribution in [3.05, 3.63) is 59.7 Å². The molecule has 1 aliphatic rings. The first-order chi connectivity index (χ1) is 19.3. The number of pyridine rings is 1. The second-order valence-corrected chi connectivity index (χ2v) is 10.6. The van der Waals surface area contributed by atoms with Gasteiger partial charge in [-0.3, -0.25) is 0 Å². The summed E-state index contributed by atoms with van der Waals surface area (Å²) in [5.41, 5.74) is 2.19. The number of fused-ring (bicyclic) bond motifs is 1. The van der Waals surface area contributed by atoms with E-state index in [0.717, 1.165) is 44.2 Å². The summed E-state index contributed by atoms with van der Waals surface area (Å²) in [6.45, 7) is 13.9. The van der Waals surface area contributed by atoms with E-state index in [-0.39, 0.29) is 29.3 Å². The Morgan fingerprint density at radius 1 is 1.02 bits per heavy atom. The van der Waals surface area contributed by atoms with E-state index in [4.69, 9.17) is 4.74 Å². The fraction of sp³-hybridized carbons (Fsp3) is 0.467. The molecular weight excluding hydrogens is 512 g/mol. The highest BCUT2D eigenvalue weighted by molar-refractivity contribution is 5.83. The van der Waals surface area contributed by atoms with Crippen molar-refractivity contribution in [2.45, 2.75) is 59.6 Å². The molecule has 0 unspecified atom stereocenters. The van der Waals surface area contributed by atoms with Crippen LogP contribution in [0.1, 0.15) is 64.1 Å². The molecule has 10 heteroatoms. The van der Waals surface area contributed by atoms with Gasteiger partial charge in [0.25, 0.3) is 0 Å². The number of imidazole rings is 1. The summed E-state index contributed by atoms with van der Waals surface area (Å²) >= 11 is 0. The Labute approximate surface area is 233 Å². The number of likely N-dealkylation sites (tertiary alicyclic amines) is 1. The summed E-state index contributed by atoms with van der Waals surface area (Å²) in [5.74, 6) is 0.656. The number of halogens is 2.